The lowest BCUT2D eigenvalue weighted by atomic mass is 10.1. The molecule has 0 spiro atoms. The lowest BCUT2D eigenvalue weighted by Gasteiger charge is -2.23. The molecule has 4 nitrogen and oxygen atoms in total. The minimum atomic E-state index is 0.0187. The van der Waals surface area contributed by atoms with Gasteiger partial charge in [0, 0.05) is 19.2 Å². The van der Waals surface area contributed by atoms with Crippen molar-refractivity contribution in [1.82, 2.24) is 10.6 Å². The zero-order valence-electron chi connectivity index (χ0n) is 10.3. The summed E-state index contributed by atoms with van der Waals surface area (Å²) in [5, 5.41) is 6.25. The van der Waals surface area contributed by atoms with Gasteiger partial charge in [0.05, 0.1) is 0 Å². The summed E-state index contributed by atoms with van der Waals surface area (Å²) in [6, 6.07) is 0.292. The van der Waals surface area contributed by atoms with Gasteiger partial charge in [-0.1, -0.05) is 19.8 Å². The molecule has 0 aromatic heterocycles. The van der Waals surface area contributed by atoms with E-state index in [-0.39, 0.29) is 12.5 Å². The quantitative estimate of drug-likeness (QED) is 0.641. The number of carbonyl (C=O) groups excluding carboxylic acids is 1. The van der Waals surface area contributed by atoms with Crippen LogP contribution in [0.2, 0.25) is 0 Å². The second-order valence-corrected chi connectivity index (χ2v) is 4.37. The van der Waals surface area contributed by atoms with Crippen molar-refractivity contribution in [1.29, 1.82) is 0 Å². The maximum Gasteiger partial charge on any atom is 0.246 e. The van der Waals surface area contributed by atoms with E-state index in [1.165, 1.54) is 12.8 Å². The van der Waals surface area contributed by atoms with Crippen molar-refractivity contribution in [3.63, 3.8) is 0 Å². The van der Waals surface area contributed by atoms with Gasteiger partial charge in [-0.25, -0.2) is 0 Å². The van der Waals surface area contributed by atoms with Gasteiger partial charge in [-0.3, -0.25) is 4.79 Å². The molecule has 1 unspecified atom stereocenters. The summed E-state index contributed by atoms with van der Waals surface area (Å²) >= 11 is 0. The third-order valence-corrected chi connectivity index (χ3v) is 2.79. The normalized spacial score (nSPS) is 20.7. The molecule has 0 radical (unpaired) electrons. The Bertz CT molecular complexity index is 191. The van der Waals surface area contributed by atoms with E-state index in [0.717, 1.165) is 32.4 Å². The fourth-order valence-electron chi connectivity index (χ4n) is 1.86. The van der Waals surface area contributed by atoms with E-state index < -0.39 is 0 Å². The topological polar surface area (TPSA) is 50.4 Å². The van der Waals surface area contributed by atoms with Crippen LogP contribution in [0, 0.1) is 0 Å². The molecule has 1 rings (SSSR count). The van der Waals surface area contributed by atoms with Crippen LogP contribution in [0.1, 0.15) is 39.0 Å². The zero-order chi connectivity index (χ0) is 11.6. The third kappa shape index (κ3) is 6.08. The Morgan fingerprint density at radius 1 is 1.50 bits per heavy atom. The number of carbonyl (C=O) groups is 1. The minimum absolute atomic E-state index is 0.0187. The number of unbranched alkanes of at least 4 members (excludes halogenated alkanes) is 2. The van der Waals surface area contributed by atoms with Crippen LogP contribution in [0.25, 0.3) is 0 Å². The van der Waals surface area contributed by atoms with Crippen LogP contribution < -0.4 is 10.6 Å². The number of piperidine rings is 1. The van der Waals surface area contributed by atoms with Gasteiger partial charge in [0.15, 0.2) is 0 Å². The lowest BCUT2D eigenvalue weighted by molar-refractivity contribution is -0.126. The summed E-state index contributed by atoms with van der Waals surface area (Å²) < 4.78 is 5.31. The average Bonchev–Trinajstić information content (AvgIpc) is 2.30. The van der Waals surface area contributed by atoms with Crippen LogP contribution in [0.15, 0.2) is 0 Å². The zero-order valence-corrected chi connectivity index (χ0v) is 10.3. The van der Waals surface area contributed by atoms with Crippen molar-refractivity contribution >= 4 is 5.91 Å². The maximum absolute atomic E-state index is 11.5. The smallest absolute Gasteiger partial charge is 0.246 e. The van der Waals surface area contributed by atoms with E-state index in [4.69, 9.17) is 4.74 Å². The lowest BCUT2D eigenvalue weighted by Crippen LogP contribution is -2.46. The summed E-state index contributed by atoms with van der Waals surface area (Å²) in [5.41, 5.74) is 0. The molecule has 94 valence electrons. The first kappa shape index (κ1) is 13.5. The van der Waals surface area contributed by atoms with E-state index in [1.54, 1.807) is 0 Å². The molecule has 1 heterocycles. The van der Waals surface area contributed by atoms with Gasteiger partial charge >= 0.3 is 0 Å². The standard InChI is InChI=1S/C12H24N2O2/c1-2-3-4-8-16-10-12(15)14-11-6-5-7-13-9-11/h11,13H,2-10H2,1H3,(H,14,15). The van der Waals surface area contributed by atoms with Crippen LogP contribution in [-0.2, 0) is 9.53 Å². The molecule has 1 saturated heterocycles. The van der Waals surface area contributed by atoms with Crippen LogP contribution in [0.4, 0.5) is 0 Å². The van der Waals surface area contributed by atoms with Crippen LogP contribution in [0.3, 0.4) is 0 Å². The van der Waals surface area contributed by atoms with E-state index in [1.807, 2.05) is 0 Å². The minimum Gasteiger partial charge on any atom is -0.372 e. The molecule has 1 amide bonds. The Balaban J connectivity index is 1.97. The molecule has 1 aliphatic heterocycles. The first-order valence-electron chi connectivity index (χ1n) is 6.40. The van der Waals surface area contributed by atoms with Crippen molar-refractivity contribution in [3.8, 4) is 0 Å². The molecule has 0 bridgehead atoms. The van der Waals surface area contributed by atoms with E-state index in [9.17, 15) is 4.79 Å². The molecular weight excluding hydrogens is 204 g/mol. The highest BCUT2D eigenvalue weighted by Crippen LogP contribution is 2.01. The van der Waals surface area contributed by atoms with Gasteiger partial charge in [-0.05, 0) is 25.8 Å². The molecule has 16 heavy (non-hydrogen) atoms. The Morgan fingerprint density at radius 3 is 3.06 bits per heavy atom. The van der Waals surface area contributed by atoms with Crippen LogP contribution >= 0.6 is 0 Å². The number of amides is 1. The molecule has 0 saturated carbocycles. The van der Waals surface area contributed by atoms with E-state index >= 15 is 0 Å². The monoisotopic (exact) mass is 228 g/mol. The first-order valence-corrected chi connectivity index (χ1v) is 6.40. The Labute approximate surface area is 98.1 Å². The van der Waals surface area contributed by atoms with Gasteiger partial charge in [0.2, 0.25) is 5.91 Å². The average molecular weight is 228 g/mol. The fourth-order valence-corrected chi connectivity index (χ4v) is 1.86. The van der Waals surface area contributed by atoms with Crippen molar-refractivity contribution < 1.29 is 9.53 Å². The molecular formula is C12H24N2O2. The molecule has 0 aromatic carbocycles. The van der Waals surface area contributed by atoms with Crippen LogP contribution in [-0.4, -0.2) is 38.3 Å². The fraction of sp³-hybridized carbons (Fsp3) is 0.917. The number of nitrogens with one attached hydrogen (secondary N) is 2. The Hall–Kier alpha value is -0.610. The van der Waals surface area contributed by atoms with Gasteiger partial charge in [-0.15, -0.1) is 0 Å². The molecule has 1 fully saturated rings. The predicted molar refractivity (Wildman–Crippen MR) is 64.4 cm³/mol. The largest absolute Gasteiger partial charge is 0.372 e. The predicted octanol–water partition coefficient (Wildman–Crippen LogP) is 1.06. The molecule has 2 N–H and O–H groups in total. The molecule has 4 heteroatoms. The summed E-state index contributed by atoms with van der Waals surface area (Å²) in [6.45, 7) is 5.02. The van der Waals surface area contributed by atoms with Crippen molar-refractivity contribution in [2.75, 3.05) is 26.3 Å². The second kappa shape index (κ2) is 8.53. The van der Waals surface area contributed by atoms with Gasteiger partial charge in [-0.2, -0.15) is 0 Å². The van der Waals surface area contributed by atoms with Crippen molar-refractivity contribution in [3.05, 3.63) is 0 Å². The maximum atomic E-state index is 11.5. The van der Waals surface area contributed by atoms with Gasteiger partial charge in [0.1, 0.15) is 6.61 Å². The summed E-state index contributed by atoms with van der Waals surface area (Å²) in [5.74, 6) is 0.0187. The highest BCUT2D eigenvalue weighted by Gasteiger charge is 2.14. The highest BCUT2D eigenvalue weighted by atomic mass is 16.5. The Morgan fingerprint density at radius 2 is 2.38 bits per heavy atom. The van der Waals surface area contributed by atoms with E-state index in [2.05, 4.69) is 17.6 Å². The number of hydrogen-bond donors (Lipinski definition) is 2. The molecule has 0 aromatic rings. The second-order valence-electron chi connectivity index (χ2n) is 4.37. The summed E-state index contributed by atoms with van der Waals surface area (Å²) in [4.78, 5) is 11.5. The summed E-state index contributed by atoms with van der Waals surface area (Å²) in [6.07, 6.45) is 5.63. The number of hydrogen-bond acceptors (Lipinski definition) is 3. The van der Waals surface area contributed by atoms with Gasteiger partial charge < -0.3 is 15.4 Å². The number of ether oxygens (including phenoxy) is 1. The van der Waals surface area contributed by atoms with E-state index in [0.29, 0.717) is 12.6 Å². The Kier molecular flexibility index (Phi) is 7.17. The van der Waals surface area contributed by atoms with Gasteiger partial charge in [0.25, 0.3) is 0 Å². The SMILES string of the molecule is CCCCCOCC(=O)NC1CCCNC1. The van der Waals surface area contributed by atoms with Crippen molar-refractivity contribution in [2.45, 2.75) is 45.1 Å². The summed E-state index contributed by atoms with van der Waals surface area (Å²) in [7, 11) is 0. The third-order valence-electron chi connectivity index (χ3n) is 2.79. The molecule has 1 aliphatic rings. The van der Waals surface area contributed by atoms with Crippen LogP contribution in [0.5, 0.6) is 0 Å². The molecule has 0 aliphatic carbocycles. The van der Waals surface area contributed by atoms with Crippen molar-refractivity contribution in [2.24, 2.45) is 0 Å². The highest BCUT2D eigenvalue weighted by molar-refractivity contribution is 5.77. The molecule has 1 atom stereocenters. The number of rotatable bonds is 7. The first-order chi connectivity index (χ1) is 7.83.